The van der Waals surface area contributed by atoms with Crippen LogP contribution in [-0.2, 0) is 67.0 Å². The first kappa shape index (κ1) is 88.0. The Balaban J connectivity index is 4.56. The van der Waals surface area contributed by atoms with Crippen molar-refractivity contribution < 1.29 is 76.9 Å². The van der Waals surface area contributed by atoms with E-state index in [2.05, 4.69) is 26.6 Å². The third-order valence-corrected chi connectivity index (χ3v) is 17.3. The number of allylic oxidation sites excluding steroid dienone is 2. The predicted octanol–water partition coefficient (Wildman–Crippen LogP) is 2.27. The van der Waals surface area contributed by atoms with Crippen LogP contribution in [0.5, 0.6) is 0 Å². The lowest BCUT2D eigenvalue weighted by atomic mass is 9.91. The molecule has 29 heteroatoms. The maximum atomic E-state index is 15.5. The molecule has 0 saturated carbocycles. The number of amides is 12. The number of nitrogens with one attached hydrogen (secondary N) is 5. The van der Waals surface area contributed by atoms with E-state index in [4.69, 9.17) is 19.9 Å². The van der Waals surface area contributed by atoms with E-state index in [0.29, 0.717) is 0 Å². The Morgan fingerprint density at radius 3 is 1.37 bits per heavy atom. The maximum absolute atomic E-state index is 15.5. The van der Waals surface area contributed by atoms with Gasteiger partial charge in [-0.15, -0.1) is 0 Å². The average molecular weight is 1380 g/mol. The van der Waals surface area contributed by atoms with Crippen LogP contribution in [0.3, 0.4) is 0 Å². The quantitative estimate of drug-likeness (QED) is 0.0438. The molecule has 1 aliphatic rings. The summed E-state index contributed by atoms with van der Waals surface area (Å²) >= 11 is 0. The van der Waals surface area contributed by atoms with Crippen molar-refractivity contribution in [3.63, 3.8) is 0 Å². The van der Waals surface area contributed by atoms with Crippen LogP contribution < -0.4 is 32.3 Å². The standard InChI is InChI=1S/C68H123N13O16/c1-25-26-27-44(14)57(83)56-61(87)74-55(47(17)97-68(94)70-37-96-29-28-95-36-69)66(92)75(18)35-53(82)76(19)48(30-38(2)3)60(86)73-54(43(12)13)67(93)77(20)49(31-39(4)5)59(85)71-45(15)58(84)72-46(16)62(88)78(21)50(32-40(6)7)63(89)79(22)51(33-41(8)9)64(90)80(23)52(34-42(10)11)65(91)81(56)24/h25-26,38-52,54-57,83H,27-37,69H2,1-24H3,(H,70,94)(H,71,85)(H,72,84)(H,73,86)(H,74,87). The number of rotatable bonds is 23. The number of carbonyl (C=O) groups is 12. The van der Waals surface area contributed by atoms with Gasteiger partial charge in [0.15, 0.2) is 0 Å². The van der Waals surface area contributed by atoms with Crippen molar-refractivity contribution in [1.29, 1.82) is 0 Å². The second kappa shape index (κ2) is 42.1. The van der Waals surface area contributed by atoms with Gasteiger partial charge in [-0.1, -0.05) is 102 Å². The second-order valence-corrected chi connectivity index (χ2v) is 28.5. The lowest BCUT2D eigenvalue weighted by Crippen LogP contribution is -2.64. The van der Waals surface area contributed by atoms with E-state index in [1.54, 1.807) is 39.8 Å². The Morgan fingerprint density at radius 2 is 0.918 bits per heavy atom. The lowest BCUT2D eigenvalue weighted by molar-refractivity contribution is -0.157. The molecule has 0 aromatic heterocycles. The average Bonchev–Trinajstić information content (AvgIpc) is 0.819. The molecular formula is C68H123N13O16. The number of likely N-dealkylation sites (N-methyl/N-ethyl adjacent to an activating group) is 7. The number of hydrogen-bond donors (Lipinski definition) is 7. The van der Waals surface area contributed by atoms with Crippen molar-refractivity contribution in [3.8, 4) is 0 Å². The summed E-state index contributed by atoms with van der Waals surface area (Å²) in [5, 5.41) is 25.6. The van der Waals surface area contributed by atoms with Gasteiger partial charge in [0, 0.05) is 49.3 Å². The van der Waals surface area contributed by atoms with E-state index in [1.807, 2.05) is 69.2 Å². The van der Waals surface area contributed by atoms with E-state index >= 15 is 24.0 Å². The molecule has 12 amide bonds. The summed E-state index contributed by atoms with van der Waals surface area (Å²) < 4.78 is 16.1. The minimum Gasteiger partial charge on any atom is -0.444 e. The normalized spacial score (nSPS) is 25.3. The smallest absolute Gasteiger partial charge is 0.409 e. The number of alkyl carbamates (subject to hydrolysis) is 1. The van der Waals surface area contributed by atoms with Gasteiger partial charge in [0.25, 0.3) is 0 Å². The molecular weight excluding hydrogens is 1250 g/mol. The molecule has 29 nitrogen and oxygen atoms in total. The first-order chi connectivity index (χ1) is 45.0. The van der Waals surface area contributed by atoms with Gasteiger partial charge in [0.2, 0.25) is 65.0 Å². The van der Waals surface area contributed by atoms with Crippen LogP contribution in [0.4, 0.5) is 4.79 Å². The molecule has 1 saturated heterocycles. The number of nitrogens with two attached hydrogens (primary N) is 1. The monoisotopic (exact) mass is 1380 g/mol. The third-order valence-electron chi connectivity index (χ3n) is 17.3. The highest BCUT2D eigenvalue weighted by atomic mass is 16.6. The third kappa shape index (κ3) is 27.3. The zero-order valence-corrected chi connectivity index (χ0v) is 62.7. The van der Waals surface area contributed by atoms with E-state index in [1.165, 1.54) is 89.7 Å². The predicted molar refractivity (Wildman–Crippen MR) is 368 cm³/mol. The Bertz CT molecular complexity index is 2640. The van der Waals surface area contributed by atoms with Crippen LogP contribution >= 0.6 is 0 Å². The summed E-state index contributed by atoms with van der Waals surface area (Å²) in [4.78, 5) is 185. The zero-order chi connectivity index (χ0) is 74.8. The summed E-state index contributed by atoms with van der Waals surface area (Å²) in [6.45, 7) is 28.3. The molecule has 1 fully saturated rings. The second-order valence-electron chi connectivity index (χ2n) is 28.5. The fraction of sp³-hybridized carbons (Fsp3) is 0.794. The number of aliphatic hydroxyl groups excluding tert-OH is 1. The van der Waals surface area contributed by atoms with Gasteiger partial charge in [0.1, 0.15) is 73.3 Å². The molecule has 8 N–H and O–H groups in total. The van der Waals surface area contributed by atoms with E-state index in [0.717, 1.165) is 14.7 Å². The molecule has 556 valence electrons. The Kier molecular flexibility index (Phi) is 38.2. The first-order valence-electron chi connectivity index (χ1n) is 34.2. The number of nitrogens with zero attached hydrogens (tertiary/aromatic N) is 7. The molecule has 13 unspecified atom stereocenters. The number of hydrogen-bond acceptors (Lipinski definition) is 17. The van der Waals surface area contributed by atoms with Gasteiger partial charge < -0.3 is 80.6 Å². The van der Waals surface area contributed by atoms with E-state index in [-0.39, 0.29) is 94.8 Å². The van der Waals surface area contributed by atoms with Crippen LogP contribution in [0, 0.1) is 41.4 Å². The Hall–Kier alpha value is -6.98. The fourth-order valence-electron chi connectivity index (χ4n) is 11.4. The maximum Gasteiger partial charge on any atom is 0.409 e. The van der Waals surface area contributed by atoms with E-state index < -0.39 is 162 Å². The van der Waals surface area contributed by atoms with Gasteiger partial charge in [-0.05, 0) is 108 Å². The van der Waals surface area contributed by atoms with Gasteiger partial charge >= 0.3 is 6.09 Å². The zero-order valence-electron chi connectivity index (χ0n) is 62.7. The number of ether oxygens (including phenoxy) is 3. The summed E-state index contributed by atoms with van der Waals surface area (Å²) in [6, 6.07) is -13.7. The Labute approximate surface area is 577 Å². The highest BCUT2D eigenvalue weighted by Crippen LogP contribution is 2.26. The summed E-state index contributed by atoms with van der Waals surface area (Å²) in [6.07, 6.45) is -0.224. The van der Waals surface area contributed by atoms with Crippen molar-refractivity contribution in [2.24, 2.45) is 47.2 Å². The molecule has 0 aliphatic carbocycles. The molecule has 13 atom stereocenters. The van der Waals surface area contributed by atoms with Crippen molar-refractivity contribution in [1.82, 2.24) is 60.9 Å². The highest BCUT2D eigenvalue weighted by molar-refractivity contribution is 5.99. The van der Waals surface area contributed by atoms with Crippen molar-refractivity contribution in [2.45, 2.75) is 229 Å². The van der Waals surface area contributed by atoms with Crippen LogP contribution in [0.1, 0.15) is 156 Å². The molecule has 0 bridgehead atoms. The van der Waals surface area contributed by atoms with Gasteiger partial charge in [0.05, 0.1) is 32.6 Å². The van der Waals surface area contributed by atoms with Crippen molar-refractivity contribution in [2.75, 3.05) is 82.6 Å². The van der Waals surface area contributed by atoms with Crippen LogP contribution in [-0.4, -0.2) is 266 Å². The van der Waals surface area contributed by atoms with Crippen molar-refractivity contribution >= 4 is 71.1 Å². The summed E-state index contributed by atoms with van der Waals surface area (Å²) in [5.74, 6) is -10.9. The highest BCUT2D eigenvalue weighted by Gasteiger charge is 2.46. The van der Waals surface area contributed by atoms with Gasteiger partial charge in [-0.2, -0.15) is 0 Å². The molecule has 0 radical (unpaired) electrons. The number of carbonyl (C=O) groups excluding carboxylic acids is 12. The minimum absolute atomic E-state index is 0.0129. The Morgan fingerprint density at radius 1 is 0.515 bits per heavy atom. The molecule has 1 heterocycles. The molecule has 0 spiro atoms. The molecule has 0 aromatic rings. The topological polar surface area (TPSA) is 362 Å². The fourth-order valence-corrected chi connectivity index (χ4v) is 11.4. The summed E-state index contributed by atoms with van der Waals surface area (Å²) in [7, 11) is 9.54. The molecule has 0 aromatic carbocycles. The van der Waals surface area contributed by atoms with Crippen molar-refractivity contribution in [3.05, 3.63) is 12.2 Å². The minimum atomic E-state index is -1.86. The molecule has 97 heavy (non-hydrogen) atoms. The van der Waals surface area contributed by atoms with Crippen LogP contribution in [0.25, 0.3) is 0 Å². The van der Waals surface area contributed by atoms with Crippen LogP contribution in [0.2, 0.25) is 0 Å². The van der Waals surface area contributed by atoms with Crippen LogP contribution in [0.15, 0.2) is 12.2 Å². The lowest BCUT2D eigenvalue weighted by Gasteiger charge is -2.41. The number of aliphatic hydroxyl groups is 1. The largest absolute Gasteiger partial charge is 0.444 e. The molecule has 1 rings (SSSR count). The van der Waals surface area contributed by atoms with Gasteiger partial charge in [-0.3, -0.25) is 58.1 Å². The van der Waals surface area contributed by atoms with Gasteiger partial charge in [-0.25, -0.2) is 4.79 Å². The molecule has 1 aliphatic heterocycles. The van der Waals surface area contributed by atoms with E-state index in [9.17, 15) is 38.7 Å². The first-order valence-corrected chi connectivity index (χ1v) is 34.2. The SMILES string of the molecule is CC=CCC(C)C(O)C1C(=O)NC(C(C)OC(=O)NCOCCOCN)C(=O)N(C)CC(=O)N(C)C(CC(C)C)C(=O)NC(C(C)C)C(=O)N(C)C(CC(C)C)C(=O)NC(C)C(=O)NC(C)C(=O)N(C)C(CC(C)C)C(=O)N(C)C(CC(C)C)C(=O)N(C)C(CC(C)C)C(=O)N1C. The summed E-state index contributed by atoms with van der Waals surface area (Å²) in [5.41, 5.74) is 5.39.